The molecule has 1 aromatic carbocycles. The molecule has 0 unspecified atom stereocenters. The summed E-state index contributed by atoms with van der Waals surface area (Å²) in [5.74, 6) is -1.18. The van der Waals surface area contributed by atoms with Gasteiger partial charge < -0.3 is 9.84 Å². The lowest BCUT2D eigenvalue weighted by Gasteiger charge is -2.10. The largest absolute Gasteiger partial charge is 0.489 e. The number of hydrogen-bond acceptors (Lipinski definition) is 2. The summed E-state index contributed by atoms with van der Waals surface area (Å²) in [5.41, 5.74) is 1.24. The SMILES string of the molecule is C=C(C)COc1cc(F)ccc1CC(=O)O. The highest BCUT2D eigenvalue weighted by Gasteiger charge is 2.09. The summed E-state index contributed by atoms with van der Waals surface area (Å²) >= 11 is 0. The van der Waals surface area contributed by atoms with Crippen LogP contribution in [-0.2, 0) is 11.2 Å². The molecule has 0 bridgehead atoms. The van der Waals surface area contributed by atoms with Crippen molar-refractivity contribution in [1.82, 2.24) is 0 Å². The van der Waals surface area contributed by atoms with E-state index < -0.39 is 11.8 Å². The van der Waals surface area contributed by atoms with Crippen molar-refractivity contribution < 1.29 is 19.0 Å². The second-order valence-corrected chi connectivity index (χ2v) is 3.57. The summed E-state index contributed by atoms with van der Waals surface area (Å²) in [7, 11) is 0. The van der Waals surface area contributed by atoms with Crippen molar-refractivity contribution in [2.45, 2.75) is 13.3 Å². The number of ether oxygens (including phenoxy) is 1. The van der Waals surface area contributed by atoms with E-state index in [1.54, 1.807) is 6.92 Å². The van der Waals surface area contributed by atoms with Gasteiger partial charge in [-0.05, 0) is 18.6 Å². The monoisotopic (exact) mass is 224 g/mol. The molecule has 1 N–H and O–H groups in total. The minimum atomic E-state index is -0.980. The number of halogens is 1. The van der Waals surface area contributed by atoms with Crippen molar-refractivity contribution >= 4 is 5.97 Å². The van der Waals surface area contributed by atoms with Crippen LogP contribution in [0.3, 0.4) is 0 Å². The smallest absolute Gasteiger partial charge is 0.307 e. The van der Waals surface area contributed by atoms with E-state index in [1.165, 1.54) is 18.2 Å². The number of aliphatic carboxylic acids is 1. The maximum atomic E-state index is 13.0. The van der Waals surface area contributed by atoms with Gasteiger partial charge in [0.25, 0.3) is 0 Å². The van der Waals surface area contributed by atoms with E-state index in [-0.39, 0.29) is 18.8 Å². The molecule has 1 rings (SSSR count). The predicted molar refractivity (Wildman–Crippen MR) is 58.0 cm³/mol. The van der Waals surface area contributed by atoms with Crippen molar-refractivity contribution in [3.8, 4) is 5.75 Å². The minimum Gasteiger partial charge on any atom is -0.489 e. The van der Waals surface area contributed by atoms with Crippen molar-refractivity contribution in [3.63, 3.8) is 0 Å². The molecule has 3 nitrogen and oxygen atoms in total. The zero-order chi connectivity index (χ0) is 12.1. The standard InChI is InChI=1S/C12H13FO3/c1-8(2)7-16-11-6-10(13)4-3-9(11)5-12(14)15/h3-4,6H,1,5,7H2,2H3,(H,14,15). The van der Waals surface area contributed by atoms with Crippen LogP contribution in [0.5, 0.6) is 5.75 Å². The summed E-state index contributed by atoms with van der Waals surface area (Å²) in [6.07, 6.45) is -0.189. The average Bonchev–Trinajstić information content (AvgIpc) is 2.17. The van der Waals surface area contributed by atoms with Gasteiger partial charge in [-0.2, -0.15) is 0 Å². The van der Waals surface area contributed by atoms with Gasteiger partial charge in [-0.1, -0.05) is 12.6 Å². The van der Waals surface area contributed by atoms with E-state index >= 15 is 0 Å². The van der Waals surface area contributed by atoms with E-state index in [0.29, 0.717) is 5.56 Å². The molecule has 0 radical (unpaired) electrons. The molecule has 0 aromatic heterocycles. The van der Waals surface area contributed by atoms with E-state index in [4.69, 9.17) is 9.84 Å². The molecule has 0 fully saturated rings. The third-order valence-corrected chi connectivity index (χ3v) is 1.84. The van der Waals surface area contributed by atoms with Crippen LogP contribution < -0.4 is 4.74 Å². The fourth-order valence-electron chi connectivity index (χ4n) is 1.17. The normalized spacial score (nSPS) is 9.88. The zero-order valence-corrected chi connectivity index (χ0v) is 9.00. The van der Waals surface area contributed by atoms with Crippen molar-refractivity contribution in [2.75, 3.05) is 6.61 Å². The number of carboxylic acid groups (broad SMARTS) is 1. The Labute approximate surface area is 93.2 Å². The highest BCUT2D eigenvalue weighted by molar-refractivity contribution is 5.71. The van der Waals surface area contributed by atoms with Crippen LogP contribution in [0, 0.1) is 5.82 Å². The first kappa shape index (κ1) is 12.2. The topological polar surface area (TPSA) is 46.5 Å². The average molecular weight is 224 g/mol. The van der Waals surface area contributed by atoms with Crippen LogP contribution in [-0.4, -0.2) is 17.7 Å². The van der Waals surface area contributed by atoms with E-state index in [0.717, 1.165) is 5.57 Å². The van der Waals surface area contributed by atoms with Crippen LogP contribution in [0.25, 0.3) is 0 Å². The van der Waals surface area contributed by atoms with Crippen LogP contribution in [0.2, 0.25) is 0 Å². The highest BCUT2D eigenvalue weighted by atomic mass is 19.1. The molecule has 0 aliphatic rings. The lowest BCUT2D eigenvalue weighted by atomic mass is 10.1. The first-order chi connectivity index (χ1) is 7.49. The Morgan fingerprint density at radius 2 is 2.25 bits per heavy atom. The third-order valence-electron chi connectivity index (χ3n) is 1.84. The molecule has 0 spiro atoms. The number of rotatable bonds is 5. The first-order valence-corrected chi connectivity index (χ1v) is 4.76. The van der Waals surface area contributed by atoms with Gasteiger partial charge in [0.15, 0.2) is 0 Å². The highest BCUT2D eigenvalue weighted by Crippen LogP contribution is 2.21. The van der Waals surface area contributed by atoms with Gasteiger partial charge in [0.2, 0.25) is 0 Å². The lowest BCUT2D eigenvalue weighted by Crippen LogP contribution is -2.05. The molecule has 0 amide bonds. The van der Waals surface area contributed by atoms with E-state index in [9.17, 15) is 9.18 Å². The van der Waals surface area contributed by atoms with Crippen LogP contribution in [0.1, 0.15) is 12.5 Å². The second kappa shape index (κ2) is 5.30. The number of carbonyl (C=O) groups is 1. The molecule has 86 valence electrons. The Bertz CT molecular complexity index is 413. The molecule has 1 aromatic rings. The van der Waals surface area contributed by atoms with Gasteiger partial charge in [0.05, 0.1) is 6.42 Å². The number of hydrogen-bond donors (Lipinski definition) is 1. The van der Waals surface area contributed by atoms with Crippen LogP contribution in [0.4, 0.5) is 4.39 Å². The fourth-order valence-corrected chi connectivity index (χ4v) is 1.17. The molecule has 4 heteroatoms. The number of benzene rings is 1. The molecule has 0 heterocycles. The Hall–Kier alpha value is -1.84. The molecular formula is C12H13FO3. The van der Waals surface area contributed by atoms with E-state index in [2.05, 4.69) is 6.58 Å². The quantitative estimate of drug-likeness (QED) is 0.781. The maximum absolute atomic E-state index is 13.0. The molecule has 0 saturated heterocycles. The number of carboxylic acids is 1. The Morgan fingerprint density at radius 3 is 2.81 bits per heavy atom. The molecule has 16 heavy (non-hydrogen) atoms. The minimum absolute atomic E-state index is 0.189. The summed E-state index contributed by atoms with van der Waals surface area (Å²) < 4.78 is 18.2. The summed E-state index contributed by atoms with van der Waals surface area (Å²) in [6.45, 7) is 5.67. The van der Waals surface area contributed by atoms with Gasteiger partial charge in [-0.25, -0.2) is 4.39 Å². The van der Waals surface area contributed by atoms with Gasteiger partial charge in [-0.3, -0.25) is 4.79 Å². The maximum Gasteiger partial charge on any atom is 0.307 e. The first-order valence-electron chi connectivity index (χ1n) is 4.76. The van der Waals surface area contributed by atoms with Gasteiger partial charge in [0, 0.05) is 11.6 Å². The van der Waals surface area contributed by atoms with Crippen molar-refractivity contribution in [2.24, 2.45) is 0 Å². The molecule has 0 atom stereocenters. The summed E-state index contributed by atoms with van der Waals surface area (Å²) in [4.78, 5) is 10.6. The van der Waals surface area contributed by atoms with E-state index in [1.807, 2.05) is 0 Å². The predicted octanol–water partition coefficient (Wildman–Crippen LogP) is 2.41. The molecule has 0 aliphatic carbocycles. The Morgan fingerprint density at radius 1 is 1.56 bits per heavy atom. The van der Waals surface area contributed by atoms with Gasteiger partial charge in [-0.15, -0.1) is 0 Å². The van der Waals surface area contributed by atoms with Crippen molar-refractivity contribution in [1.29, 1.82) is 0 Å². The van der Waals surface area contributed by atoms with Gasteiger partial charge in [0.1, 0.15) is 18.2 Å². The van der Waals surface area contributed by atoms with Gasteiger partial charge >= 0.3 is 5.97 Å². The molecule has 0 aliphatic heterocycles. The van der Waals surface area contributed by atoms with Crippen LogP contribution >= 0.6 is 0 Å². The van der Waals surface area contributed by atoms with Crippen LogP contribution in [0.15, 0.2) is 30.4 Å². The van der Waals surface area contributed by atoms with Crippen molar-refractivity contribution in [3.05, 3.63) is 41.7 Å². The fraction of sp³-hybridized carbons (Fsp3) is 0.250. The lowest BCUT2D eigenvalue weighted by molar-refractivity contribution is -0.136. The molecule has 0 saturated carbocycles. The molecular weight excluding hydrogens is 211 g/mol. The third kappa shape index (κ3) is 3.73. The Kier molecular flexibility index (Phi) is 4.05. The summed E-state index contributed by atoms with van der Waals surface area (Å²) in [6, 6.07) is 3.81. The summed E-state index contributed by atoms with van der Waals surface area (Å²) in [5, 5.41) is 8.67. The Balaban J connectivity index is 2.89. The second-order valence-electron chi connectivity index (χ2n) is 3.57. The zero-order valence-electron chi connectivity index (χ0n) is 9.00.